The van der Waals surface area contributed by atoms with E-state index >= 15 is 0 Å². The number of anilines is 1. The van der Waals surface area contributed by atoms with Gasteiger partial charge in [0.1, 0.15) is 5.54 Å². The Labute approximate surface area is 252 Å². The van der Waals surface area contributed by atoms with Crippen molar-refractivity contribution in [3.63, 3.8) is 0 Å². The van der Waals surface area contributed by atoms with Crippen LogP contribution >= 0.6 is 0 Å². The molecule has 1 spiro atoms. The van der Waals surface area contributed by atoms with Gasteiger partial charge in [-0.1, -0.05) is 6.92 Å². The van der Waals surface area contributed by atoms with Gasteiger partial charge in [-0.05, 0) is 43.7 Å². The Hall–Kier alpha value is -5.05. The molecule has 4 aromatic heterocycles. The molecule has 0 radical (unpaired) electrons. The smallest absolute Gasteiger partial charge is 0.322 e. The Morgan fingerprint density at radius 2 is 1.89 bits per heavy atom. The maximum absolute atomic E-state index is 12.8. The molecule has 0 aromatic carbocycles. The van der Waals surface area contributed by atoms with Crippen molar-refractivity contribution in [2.24, 2.45) is 5.92 Å². The monoisotopic (exact) mass is 615 g/mol. The minimum Gasteiger partial charge on any atom is -0.346 e. The summed E-state index contributed by atoms with van der Waals surface area (Å²) in [6, 6.07) is 8.10. The van der Waals surface area contributed by atoms with Crippen LogP contribution in [0, 0.1) is 12.8 Å². The van der Waals surface area contributed by atoms with Crippen molar-refractivity contribution in [2.75, 3.05) is 24.2 Å². The number of rotatable bonds is 6. The summed E-state index contributed by atoms with van der Waals surface area (Å²) in [5.41, 5.74) is 1.96. The highest BCUT2D eigenvalue weighted by Gasteiger charge is 2.52. The zero-order valence-corrected chi connectivity index (χ0v) is 25.0. The van der Waals surface area contributed by atoms with Crippen LogP contribution < -0.4 is 20.9 Å². The lowest BCUT2D eigenvalue weighted by molar-refractivity contribution is -0.126. The molecular formula is C29H29N9O5S. The van der Waals surface area contributed by atoms with Crippen LogP contribution in [-0.4, -0.2) is 76.1 Å². The molecular weight excluding hydrogens is 586 g/mol. The number of amides is 4. The number of aryl methyl sites for hydroxylation is 1. The van der Waals surface area contributed by atoms with Crippen molar-refractivity contribution in [1.29, 1.82) is 0 Å². The molecule has 0 aliphatic carbocycles. The van der Waals surface area contributed by atoms with Gasteiger partial charge in [-0.2, -0.15) is 0 Å². The van der Waals surface area contributed by atoms with Crippen LogP contribution in [-0.2, 0) is 21.2 Å². The van der Waals surface area contributed by atoms with Gasteiger partial charge in [-0.3, -0.25) is 24.9 Å². The predicted octanol–water partition coefficient (Wildman–Crippen LogP) is 1.55. The number of carbonyl (C=O) groups is 3. The number of aromatic nitrogens is 5. The molecule has 0 bridgehead atoms. The van der Waals surface area contributed by atoms with Crippen LogP contribution in [0.5, 0.6) is 0 Å². The average molecular weight is 616 g/mol. The predicted molar refractivity (Wildman–Crippen MR) is 159 cm³/mol. The molecule has 6 rings (SSSR count). The van der Waals surface area contributed by atoms with Gasteiger partial charge in [0.05, 0.1) is 45.3 Å². The first-order valence-electron chi connectivity index (χ1n) is 13.9. The van der Waals surface area contributed by atoms with Crippen molar-refractivity contribution in [3.8, 4) is 11.4 Å². The Kier molecular flexibility index (Phi) is 7.19. The quantitative estimate of drug-likeness (QED) is 0.267. The molecule has 3 N–H and O–H groups in total. The van der Waals surface area contributed by atoms with Gasteiger partial charge >= 0.3 is 6.03 Å². The van der Waals surface area contributed by atoms with E-state index in [0.717, 1.165) is 11.6 Å². The fourth-order valence-electron chi connectivity index (χ4n) is 5.57. The molecule has 4 aromatic rings. The lowest BCUT2D eigenvalue weighted by Crippen LogP contribution is -2.60. The maximum atomic E-state index is 12.8. The summed E-state index contributed by atoms with van der Waals surface area (Å²) in [4.78, 5) is 61.5. The topological polar surface area (TPSA) is 189 Å². The number of pyridine rings is 3. The molecule has 4 amide bonds. The molecule has 6 heterocycles. The van der Waals surface area contributed by atoms with Gasteiger partial charge in [0.2, 0.25) is 5.95 Å². The number of fused-ring (bicyclic) bond motifs is 1. The number of sulfone groups is 1. The van der Waals surface area contributed by atoms with Crippen molar-refractivity contribution < 1.29 is 22.8 Å². The minimum atomic E-state index is -3.53. The zero-order chi connectivity index (χ0) is 31.2. The second-order valence-corrected chi connectivity index (χ2v) is 13.0. The number of hydrogen-bond donors (Lipinski definition) is 3. The van der Waals surface area contributed by atoms with E-state index in [1.54, 1.807) is 31.5 Å². The van der Waals surface area contributed by atoms with Crippen LogP contribution in [0.3, 0.4) is 0 Å². The second-order valence-electron chi connectivity index (χ2n) is 11.0. The third kappa shape index (κ3) is 5.41. The first-order chi connectivity index (χ1) is 20.9. The van der Waals surface area contributed by atoms with E-state index < -0.39 is 27.3 Å². The zero-order valence-electron chi connectivity index (χ0n) is 24.2. The van der Waals surface area contributed by atoms with Crippen molar-refractivity contribution in [2.45, 2.75) is 37.2 Å². The maximum Gasteiger partial charge on any atom is 0.322 e. The highest BCUT2D eigenvalue weighted by atomic mass is 32.2. The summed E-state index contributed by atoms with van der Waals surface area (Å²) in [5, 5.41) is 8.70. The van der Waals surface area contributed by atoms with E-state index in [1.807, 2.05) is 24.0 Å². The Bertz CT molecular complexity index is 1950. The van der Waals surface area contributed by atoms with Crippen LogP contribution in [0.4, 0.5) is 10.7 Å². The summed E-state index contributed by atoms with van der Waals surface area (Å²) in [7, 11) is -3.53. The van der Waals surface area contributed by atoms with Crippen LogP contribution in [0.15, 0.2) is 53.8 Å². The van der Waals surface area contributed by atoms with Crippen LogP contribution in [0.1, 0.15) is 35.1 Å². The number of piperidine rings is 1. The molecule has 2 saturated heterocycles. The molecule has 2 aliphatic heterocycles. The normalized spacial score (nSPS) is 20.1. The average Bonchev–Trinajstić information content (AvgIpc) is 3.29. The third-order valence-corrected chi connectivity index (χ3v) is 9.24. The Balaban J connectivity index is 1.18. The van der Waals surface area contributed by atoms with Crippen molar-refractivity contribution in [3.05, 3.63) is 65.9 Å². The highest BCUT2D eigenvalue weighted by Crippen LogP contribution is 2.32. The summed E-state index contributed by atoms with van der Waals surface area (Å²) in [6.07, 6.45) is 6.16. The fourth-order valence-corrected chi connectivity index (χ4v) is 6.50. The SMILES string of the molecule is Cc1ncc(C(=O)NCc2cc3nc(-c4ccnc(N5CC[C@]6(NC(=O)NC6=O)[C@@H](C)C5)n4)ccc3cn2)cc1S(C)(=O)=O. The largest absolute Gasteiger partial charge is 0.346 e. The van der Waals surface area contributed by atoms with Gasteiger partial charge in [-0.15, -0.1) is 0 Å². The molecule has 0 saturated carbocycles. The molecule has 44 heavy (non-hydrogen) atoms. The third-order valence-electron chi connectivity index (χ3n) is 8.03. The second kappa shape index (κ2) is 10.9. The summed E-state index contributed by atoms with van der Waals surface area (Å²) >= 11 is 0. The first kappa shape index (κ1) is 29.0. The standard InChI is InChI=1S/C29H29N9O5S/c1-16-15-38(9-7-29(16)26(40)36-28(41)37-29)27-30-8-6-22(35-27)21-5-4-18-12-32-20(11-23(18)34-21)14-33-25(39)19-10-24(44(3,42)43)17(2)31-13-19/h4-6,8,10-13,16H,7,9,14-15H2,1-3H3,(H,33,39)(H2,36,37,40,41)/t16-,29-/m0/s1. The number of hydrogen-bond acceptors (Lipinski definition) is 11. The van der Waals surface area contributed by atoms with Gasteiger partial charge in [-0.25, -0.2) is 28.2 Å². The molecule has 15 heteroatoms. The number of nitrogens with one attached hydrogen (secondary N) is 3. The number of nitrogens with zero attached hydrogens (tertiary/aromatic N) is 6. The number of urea groups is 1. The van der Waals surface area contributed by atoms with Gasteiger partial charge < -0.3 is 15.5 Å². The lowest BCUT2D eigenvalue weighted by atomic mass is 9.79. The first-order valence-corrected chi connectivity index (χ1v) is 15.7. The van der Waals surface area contributed by atoms with Crippen LogP contribution in [0.25, 0.3) is 22.3 Å². The fraction of sp³-hybridized carbons (Fsp3) is 0.310. The van der Waals surface area contributed by atoms with Crippen molar-refractivity contribution >= 4 is 44.5 Å². The number of carbonyl (C=O) groups excluding carboxylic acids is 3. The Morgan fingerprint density at radius 1 is 1.09 bits per heavy atom. The van der Waals surface area contributed by atoms with Crippen molar-refractivity contribution in [1.82, 2.24) is 40.9 Å². The summed E-state index contributed by atoms with van der Waals surface area (Å²) in [5.74, 6) is -0.442. The van der Waals surface area contributed by atoms with Gasteiger partial charge in [0, 0.05) is 49.2 Å². The lowest BCUT2D eigenvalue weighted by Gasteiger charge is -2.42. The molecule has 2 atom stereocenters. The number of imide groups is 1. The van der Waals surface area contributed by atoms with Crippen LogP contribution in [0.2, 0.25) is 0 Å². The van der Waals surface area contributed by atoms with E-state index in [9.17, 15) is 22.8 Å². The van der Waals surface area contributed by atoms with Gasteiger partial charge in [0.15, 0.2) is 9.84 Å². The summed E-state index contributed by atoms with van der Waals surface area (Å²) < 4.78 is 24.0. The highest BCUT2D eigenvalue weighted by molar-refractivity contribution is 7.90. The van der Waals surface area contributed by atoms with E-state index in [1.165, 1.54) is 12.3 Å². The molecule has 2 aliphatic rings. The molecule has 226 valence electrons. The molecule has 14 nitrogen and oxygen atoms in total. The summed E-state index contributed by atoms with van der Waals surface area (Å²) in [6.45, 7) is 4.56. The van der Waals surface area contributed by atoms with E-state index in [-0.39, 0.29) is 28.8 Å². The van der Waals surface area contributed by atoms with Gasteiger partial charge in [0.25, 0.3) is 11.8 Å². The molecule has 0 unspecified atom stereocenters. The Morgan fingerprint density at radius 3 is 2.61 bits per heavy atom. The minimum absolute atomic E-state index is 0.00650. The molecule has 2 fully saturated rings. The van der Waals surface area contributed by atoms with E-state index in [0.29, 0.717) is 53.8 Å². The van der Waals surface area contributed by atoms with E-state index in [2.05, 4.69) is 30.9 Å². The van der Waals surface area contributed by atoms with E-state index in [4.69, 9.17) is 9.97 Å².